The van der Waals surface area contributed by atoms with Crippen LogP contribution in [-0.2, 0) is 73.1 Å². The lowest BCUT2D eigenvalue weighted by Gasteiger charge is -2.56. The van der Waals surface area contributed by atoms with Gasteiger partial charge in [-0.05, 0) is 218 Å². The second kappa shape index (κ2) is 35.7. The number of amidine groups is 1. The van der Waals surface area contributed by atoms with E-state index in [1.807, 2.05) is 63.2 Å². The summed E-state index contributed by atoms with van der Waals surface area (Å²) in [5, 5.41) is 18.2. The van der Waals surface area contributed by atoms with Crippen molar-refractivity contribution in [2.24, 2.45) is 34.2 Å². The van der Waals surface area contributed by atoms with Gasteiger partial charge in [0, 0.05) is 91.3 Å². The monoisotopic (exact) mass is 1580 g/mol. The first-order valence-electron chi connectivity index (χ1n) is 39.3. The highest BCUT2D eigenvalue weighted by atomic mass is 32.2. The van der Waals surface area contributed by atoms with Gasteiger partial charge in [-0.15, -0.1) is 0 Å². The number of carbonyl (C=O) groups excluding carboxylic acids is 8. The number of hydrogen-bond acceptors (Lipinski definition) is 20. The summed E-state index contributed by atoms with van der Waals surface area (Å²) >= 11 is 0. The van der Waals surface area contributed by atoms with Crippen molar-refractivity contribution in [1.82, 2.24) is 30.5 Å². The van der Waals surface area contributed by atoms with Crippen molar-refractivity contribution >= 4 is 79.9 Å². The van der Waals surface area contributed by atoms with Gasteiger partial charge in [0.15, 0.2) is 23.4 Å². The number of nitrogen functional groups attached to an aromatic ring is 1. The summed E-state index contributed by atoms with van der Waals surface area (Å²) in [6.07, 6.45) is 4.65. The normalized spacial score (nSPS) is 20.2. The summed E-state index contributed by atoms with van der Waals surface area (Å²) in [6, 6.07) is 28.5. The second-order valence-corrected chi connectivity index (χ2v) is 33.1. The van der Waals surface area contributed by atoms with E-state index in [9.17, 15) is 42.0 Å². The van der Waals surface area contributed by atoms with Gasteiger partial charge in [0.1, 0.15) is 53.4 Å². The zero-order valence-electron chi connectivity index (χ0n) is 66.0. The molecule has 6 aromatic carbocycles. The van der Waals surface area contributed by atoms with Gasteiger partial charge in [-0.25, -0.2) is 22.7 Å². The molecule has 8 atom stereocenters. The number of likely N-dealkylation sites (tertiary alicyclic amines) is 2. The number of piperidine rings is 2. The van der Waals surface area contributed by atoms with E-state index in [0.717, 1.165) is 46.8 Å². The molecule has 6 aromatic rings. The van der Waals surface area contributed by atoms with E-state index in [2.05, 4.69) is 43.7 Å². The van der Waals surface area contributed by atoms with Crippen LogP contribution in [0.4, 0.5) is 4.79 Å². The molecule has 28 heteroatoms. The molecule has 4 heterocycles. The lowest BCUT2D eigenvalue weighted by molar-refractivity contribution is -0.148. The predicted octanol–water partition coefficient (Wildman–Crippen LogP) is 9.88. The molecule has 4 amide bonds. The van der Waals surface area contributed by atoms with Gasteiger partial charge in [-0.3, -0.25) is 34.4 Å². The van der Waals surface area contributed by atoms with Gasteiger partial charge in [0.2, 0.25) is 23.7 Å². The zero-order chi connectivity index (χ0) is 81.3. The van der Waals surface area contributed by atoms with E-state index >= 15 is 4.79 Å². The minimum Gasteiger partial charge on any atom is -0.493 e. The minimum absolute atomic E-state index is 0.0205. The van der Waals surface area contributed by atoms with Gasteiger partial charge < -0.3 is 75.2 Å². The highest BCUT2D eigenvalue weighted by Crippen LogP contribution is 2.64. The fourth-order valence-corrected chi connectivity index (χ4v) is 18.8. The zero-order valence-corrected chi connectivity index (χ0v) is 66.9. The van der Waals surface area contributed by atoms with Gasteiger partial charge >= 0.3 is 18.0 Å². The van der Waals surface area contributed by atoms with Gasteiger partial charge in [0.05, 0.1) is 36.6 Å². The van der Waals surface area contributed by atoms with Crippen molar-refractivity contribution in [2.75, 3.05) is 53.5 Å². The lowest BCUT2D eigenvalue weighted by atomic mass is 9.53. The van der Waals surface area contributed by atoms with Crippen LogP contribution in [0.15, 0.2) is 125 Å². The van der Waals surface area contributed by atoms with Crippen LogP contribution in [-0.4, -0.2) is 161 Å². The molecule has 4 aliphatic heterocycles. The number of allylic oxidation sites excluding steroid dienone is 1. The standard InChI is InChI=1S/C86H104N10O17S/c1-50(97)19-34-72(99)93-67(18-14-38-92-83(89)94-114(105,106)77-52(3)51(2)75-65(53(77)4)48-85(5,6)113-75)69(98)31-26-62-44-61(35-40-96(62)84(104)111-71-33-30-66-68-46-58-25-32-70(107-8)76-74(58)86(66,78(71)112-76)36-41-95(68)7)81(102)90-37-13-12-17-60(47-73(100)109-49-54-15-10-9-11-16-54)80(101)91-39-42-108-63-27-22-55(23-28-63)82(103)110-64-29-24-56-43-59(79(87)88)21-20-57(56)45-64/h9-11,15-16,20-25,27-29,32-33,43,45,60-62,66-68,78H,12-14,17-19,26,30-31,34-42,44,46-49H2,1-8H3,(H3,87,88)(H,90,102)(H,91,101)(H,93,99)(H3,89,92,94)/t60-,61?,62?,66+,67-,68-,78+,86+/m1/s1. The number of guanidine groups is 1. The molecule has 2 unspecified atom stereocenters. The number of esters is 2. The summed E-state index contributed by atoms with van der Waals surface area (Å²) < 4.78 is 73.2. The number of benzene rings is 6. The number of unbranched alkanes of at least 4 members (excludes halogenated alkanes) is 1. The first-order valence-corrected chi connectivity index (χ1v) is 40.8. The highest BCUT2D eigenvalue weighted by molar-refractivity contribution is 7.90. The molecule has 2 saturated heterocycles. The molecular weight excluding hydrogens is 1480 g/mol. The number of fused-ring (bicyclic) bond motifs is 2. The molecule has 9 N–H and O–H groups in total. The largest absolute Gasteiger partial charge is 0.493 e. The maximum atomic E-state index is 15.1. The number of carbonyl (C=O) groups is 8. The van der Waals surface area contributed by atoms with Crippen LogP contribution < -0.4 is 55.8 Å². The number of nitrogens with zero attached hydrogens (tertiary/aromatic N) is 3. The summed E-state index contributed by atoms with van der Waals surface area (Å²) in [7, 11) is -0.468. The maximum absolute atomic E-state index is 15.1. The van der Waals surface area contributed by atoms with Crippen LogP contribution >= 0.6 is 0 Å². The summed E-state index contributed by atoms with van der Waals surface area (Å²) in [5.74, 6) is -1.52. The summed E-state index contributed by atoms with van der Waals surface area (Å²) in [6.45, 7) is 11.8. The number of aliphatic imine (C=N–C) groups is 1. The Kier molecular flexibility index (Phi) is 25.8. The third-order valence-electron chi connectivity index (χ3n) is 23.2. The van der Waals surface area contributed by atoms with Gasteiger partial charge in [-0.2, -0.15) is 0 Å². The summed E-state index contributed by atoms with van der Waals surface area (Å²) in [5.41, 5.74) is 17.4. The molecule has 0 aromatic heterocycles. The third kappa shape index (κ3) is 18.8. The molecule has 1 spiro atoms. The Hall–Kier alpha value is -10.9. The van der Waals surface area contributed by atoms with E-state index in [4.69, 9.17) is 50.0 Å². The summed E-state index contributed by atoms with van der Waals surface area (Å²) in [4.78, 5) is 119. The number of ether oxygens (including phenoxy) is 7. The first kappa shape index (κ1) is 82.6. The number of Topliss-reactive ketones (excluding diaryl/α,β-unsaturated/α-hetero) is 2. The van der Waals surface area contributed by atoms with Crippen molar-refractivity contribution in [3.63, 3.8) is 0 Å². The number of nitrogens with two attached hydrogens (primary N) is 2. The molecule has 27 nitrogen and oxygen atoms in total. The van der Waals surface area contributed by atoms with Crippen LogP contribution in [0, 0.1) is 43.9 Å². The molecular formula is C86H104N10O17S. The molecule has 2 aliphatic carbocycles. The smallest absolute Gasteiger partial charge is 0.415 e. The molecule has 2 fully saturated rings. The average Bonchev–Trinajstić information content (AvgIpc) is 1.49. The second-order valence-electron chi connectivity index (χ2n) is 31.5. The third-order valence-corrected chi connectivity index (χ3v) is 24.9. The average molecular weight is 1580 g/mol. The van der Waals surface area contributed by atoms with E-state index in [0.29, 0.717) is 82.4 Å². The SMILES string of the molecule is COc1ccc2c3c1O[C@H]1C(OC(=O)N4CCC(C(=O)NCCCC[C@H](CC(=O)OCc5ccccc5)C(=O)NCCOc5ccc(C(=O)Oc6ccc7cc(C(=N)N)ccc7c6)cc5)CC4CCC(=O)[C@@H](CCCN=C(N)NS(=O)(=O)c4c(C)c(C)c5c(c4C)CC(C)(C)O5)NC(=O)CCC(C)=O)=CC[C@H]4[C@@H](C2)N(C)CC[C@]314. The Bertz CT molecular complexity index is 4880. The van der Waals surface area contributed by atoms with E-state index in [1.165, 1.54) is 12.5 Å². The highest BCUT2D eigenvalue weighted by Gasteiger charge is 2.65. The van der Waals surface area contributed by atoms with Crippen molar-refractivity contribution < 1.29 is 79.9 Å². The number of rotatable bonds is 34. The molecule has 114 heavy (non-hydrogen) atoms. The van der Waals surface area contributed by atoms with Crippen molar-refractivity contribution in [3.05, 3.63) is 165 Å². The molecule has 0 saturated carbocycles. The van der Waals surface area contributed by atoms with E-state index < -0.39 is 80.9 Å². The van der Waals surface area contributed by atoms with Crippen molar-refractivity contribution in [3.8, 4) is 28.7 Å². The topological polar surface area (TPSA) is 378 Å². The fraction of sp³-hybridized carbons (Fsp3) is 0.465. The quantitative estimate of drug-likeness (QED) is 0.00649. The van der Waals surface area contributed by atoms with Crippen LogP contribution in [0.3, 0.4) is 0 Å². The predicted molar refractivity (Wildman–Crippen MR) is 427 cm³/mol. The van der Waals surface area contributed by atoms with Crippen LogP contribution in [0.1, 0.15) is 166 Å². The van der Waals surface area contributed by atoms with E-state index in [1.54, 1.807) is 86.5 Å². The van der Waals surface area contributed by atoms with Gasteiger partial charge in [-0.1, -0.05) is 61.0 Å². The van der Waals surface area contributed by atoms with Crippen LogP contribution in [0.25, 0.3) is 10.8 Å². The number of hydrogen-bond donors (Lipinski definition) is 7. The molecule has 606 valence electrons. The van der Waals surface area contributed by atoms with E-state index in [-0.39, 0.29) is 155 Å². The Balaban J connectivity index is 0.687. The number of amides is 4. The Morgan fingerprint density at radius 1 is 0.798 bits per heavy atom. The van der Waals surface area contributed by atoms with Gasteiger partial charge in [0.25, 0.3) is 10.0 Å². The Labute approximate surface area is 664 Å². The molecule has 6 aliphatic rings. The Morgan fingerprint density at radius 2 is 1.54 bits per heavy atom. The van der Waals surface area contributed by atoms with Crippen LogP contribution in [0.5, 0.6) is 28.7 Å². The number of ketones is 2. The number of sulfonamides is 1. The fourth-order valence-electron chi connectivity index (χ4n) is 17.2. The molecule has 0 radical (unpaired) electrons. The maximum Gasteiger partial charge on any atom is 0.415 e. The molecule has 12 rings (SSSR count). The van der Waals surface area contributed by atoms with Crippen molar-refractivity contribution in [1.29, 1.82) is 5.41 Å². The van der Waals surface area contributed by atoms with Crippen LogP contribution in [0.2, 0.25) is 0 Å². The minimum atomic E-state index is -4.23. The number of likely N-dealkylation sites (N-methyl/N-ethyl adjacent to an activating group) is 1. The first-order chi connectivity index (χ1) is 54.5. The number of nitrogens with one attached hydrogen (secondary N) is 5. The lowest BCUT2D eigenvalue weighted by Crippen LogP contribution is -2.63. The Morgan fingerprint density at radius 3 is 2.30 bits per heavy atom. The molecule has 2 bridgehead atoms. The number of methoxy groups -OCH3 is 1. The van der Waals surface area contributed by atoms with Crippen molar-refractivity contribution in [2.45, 2.75) is 191 Å².